The highest BCUT2D eigenvalue weighted by Crippen LogP contribution is 2.51. The molecule has 1 saturated carbocycles. The summed E-state index contributed by atoms with van der Waals surface area (Å²) in [4.78, 5) is 0. The van der Waals surface area contributed by atoms with Crippen molar-refractivity contribution in [1.82, 2.24) is 0 Å². The van der Waals surface area contributed by atoms with Gasteiger partial charge in [0, 0.05) is 11.3 Å². The summed E-state index contributed by atoms with van der Waals surface area (Å²) in [7, 11) is 0. The van der Waals surface area contributed by atoms with Gasteiger partial charge in [0.25, 0.3) is 0 Å². The lowest BCUT2D eigenvalue weighted by Gasteiger charge is -2.56. The highest BCUT2D eigenvalue weighted by Gasteiger charge is 2.52. The van der Waals surface area contributed by atoms with E-state index in [4.69, 9.17) is 16.3 Å². The summed E-state index contributed by atoms with van der Waals surface area (Å²) >= 11 is 6.31. The molecular formula is C10H17ClO. The number of fused-ring (bicyclic) bond motifs is 3. The van der Waals surface area contributed by atoms with E-state index in [0.717, 1.165) is 6.42 Å². The standard InChI is InChI=1S/C10H17ClO/c1-9(2)7-4-5-10(3,12-9)6-8(7)11/h7-8H,4-6H2,1-3H3/t7-,8+,10+/m1/s1. The minimum atomic E-state index is -0.00231. The Labute approximate surface area is 79.4 Å². The van der Waals surface area contributed by atoms with E-state index in [1.54, 1.807) is 0 Å². The molecule has 1 aliphatic carbocycles. The Morgan fingerprint density at radius 3 is 2.42 bits per heavy atom. The lowest BCUT2D eigenvalue weighted by Crippen LogP contribution is -2.58. The summed E-state index contributed by atoms with van der Waals surface area (Å²) < 4.78 is 6.05. The third kappa shape index (κ3) is 1.18. The number of hydrogen-bond donors (Lipinski definition) is 0. The first kappa shape index (κ1) is 8.83. The third-order valence-electron chi connectivity index (χ3n) is 3.45. The van der Waals surface area contributed by atoms with Crippen LogP contribution in [0.3, 0.4) is 0 Å². The van der Waals surface area contributed by atoms with Gasteiger partial charge in [0.05, 0.1) is 11.2 Å². The van der Waals surface area contributed by atoms with Crippen LogP contribution < -0.4 is 0 Å². The maximum absolute atomic E-state index is 6.31. The van der Waals surface area contributed by atoms with Crippen LogP contribution in [0.2, 0.25) is 0 Å². The minimum absolute atomic E-state index is 0.00231. The lowest BCUT2D eigenvalue weighted by molar-refractivity contribution is -0.227. The Balaban J connectivity index is 2.28. The van der Waals surface area contributed by atoms with Gasteiger partial charge in [0.1, 0.15) is 0 Å². The summed E-state index contributed by atoms with van der Waals surface area (Å²) in [6.07, 6.45) is 3.45. The van der Waals surface area contributed by atoms with Crippen molar-refractivity contribution in [3.05, 3.63) is 0 Å². The Morgan fingerprint density at radius 1 is 1.33 bits per heavy atom. The topological polar surface area (TPSA) is 9.23 Å². The molecule has 3 aliphatic rings. The quantitative estimate of drug-likeness (QED) is 0.532. The van der Waals surface area contributed by atoms with E-state index in [0.29, 0.717) is 11.3 Å². The number of ether oxygens (including phenoxy) is 1. The molecule has 3 rings (SSSR count). The maximum atomic E-state index is 6.31. The molecule has 70 valence electrons. The van der Waals surface area contributed by atoms with Gasteiger partial charge in [0.2, 0.25) is 0 Å². The van der Waals surface area contributed by atoms with Crippen LogP contribution in [-0.2, 0) is 4.74 Å². The molecule has 0 spiro atoms. The average molecular weight is 189 g/mol. The van der Waals surface area contributed by atoms with Crippen LogP contribution in [0.15, 0.2) is 0 Å². The monoisotopic (exact) mass is 188 g/mol. The zero-order chi connectivity index (χ0) is 8.98. The fourth-order valence-electron chi connectivity index (χ4n) is 2.89. The SMILES string of the molecule is CC1(C)O[C@@]2(C)CC[C@@H]1[C@@H](Cl)C2. The van der Waals surface area contributed by atoms with Crippen molar-refractivity contribution in [1.29, 1.82) is 0 Å². The number of halogens is 1. The highest BCUT2D eigenvalue weighted by atomic mass is 35.5. The molecule has 3 atom stereocenters. The molecule has 0 amide bonds. The van der Waals surface area contributed by atoms with E-state index in [9.17, 15) is 0 Å². The maximum Gasteiger partial charge on any atom is 0.0676 e. The molecular weight excluding hydrogens is 172 g/mol. The van der Waals surface area contributed by atoms with Gasteiger partial charge >= 0.3 is 0 Å². The first-order valence-corrected chi connectivity index (χ1v) is 5.21. The summed E-state index contributed by atoms with van der Waals surface area (Å²) in [5.41, 5.74) is 0.0579. The van der Waals surface area contributed by atoms with Crippen molar-refractivity contribution in [2.75, 3.05) is 0 Å². The number of alkyl halides is 1. The van der Waals surface area contributed by atoms with Gasteiger partial charge in [-0.25, -0.2) is 0 Å². The van der Waals surface area contributed by atoms with Crippen LogP contribution in [0, 0.1) is 5.92 Å². The Bertz CT molecular complexity index is 199. The van der Waals surface area contributed by atoms with Gasteiger partial charge in [-0.05, 0) is 40.0 Å². The fourth-order valence-corrected chi connectivity index (χ4v) is 3.64. The largest absolute Gasteiger partial charge is 0.369 e. The van der Waals surface area contributed by atoms with Crippen LogP contribution in [0.25, 0.3) is 0 Å². The van der Waals surface area contributed by atoms with E-state index >= 15 is 0 Å². The number of rotatable bonds is 0. The van der Waals surface area contributed by atoms with Crippen LogP contribution in [0.4, 0.5) is 0 Å². The molecule has 0 N–H and O–H groups in total. The van der Waals surface area contributed by atoms with Crippen molar-refractivity contribution >= 4 is 11.6 Å². The van der Waals surface area contributed by atoms with Crippen LogP contribution >= 0.6 is 11.6 Å². The van der Waals surface area contributed by atoms with Crippen molar-refractivity contribution in [3.63, 3.8) is 0 Å². The molecule has 0 unspecified atom stereocenters. The Kier molecular flexibility index (Phi) is 1.76. The Hall–Kier alpha value is 0.250. The molecule has 1 nitrogen and oxygen atoms in total. The van der Waals surface area contributed by atoms with Gasteiger partial charge in [-0.3, -0.25) is 0 Å². The first-order chi connectivity index (χ1) is 5.43. The van der Waals surface area contributed by atoms with Crippen molar-refractivity contribution in [2.45, 2.75) is 56.6 Å². The predicted octanol–water partition coefficient (Wildman–Crippen LogP) is 2.96. The minimum Gasteiger partial charge on any atom is -0.369 e. The predicted molar refractivity (Wildman–Crippen MR) is 50.6 cm³/mol. The first-order valence-electron chi connectivity index (χ1n) is 4.77. The molecule has 2 heterocycles. The van der Waals surface area contributed by atoms with Crippen LogP contribution in [0.1, 0.15) is 40.0 Å². The molecule has 12 heavy (non-hydrogen) atoms. The smallest absolute Gasteiger partial charge is 0.0676 e. The second kappa shape index (κ2) is 2.39. The van der Waals surface area contributed by atoms with E-state index in [1.165, 1.54) is 12.8 Å². The molecule has 0 aromatic rings. The highest BCUT2D eigenvalue weighted by molar-refractivity contribution is 6.21. The summed E-state index contributed by atoms with van der Waals surface area (Å²) in [5, 5.41) is 0.326. The normalized spacial score (nSPS) is 51.0. The van der Waals surface area contributed by atoms with E-state index in [-0.39, 0.29) is 11.2 Å². The molecule has 0 radical (unpaired) electrons. The van der Waals surface area contributed by atoms with Gasteiger partial charge < -0.3 is 4.74 Å². The molecule has 2 bridgehead atoms. The molecule has 0 aromatic heterocycles. The van der Waals surface area contributed by atoms with Crippen molar-refractivity contribution < 1.29 is 4.74 Å². The Morgan fingerprint density at radius 2 is 2.00 bits per heavy atom. The van der Waals surface area contributed by atoms with Gasteiger partial charge in [-0.2, -0.15) is 0 Å². The molecule has 2 heteroatoms. The second-order valence-electron chi connectivity index (χ2n) is 5.02. The molecule has 0 aromatic carbocycles. The molecule has 3 fully saturated rings. The number of hydrogen-bond acceptors (Lipinski definition) is 1. The van der Waals surface area contributed by atoms with E-state index in [2.05, 4.69) is 20.8 Å². The summed E-state index contributed by atoms with van der Waals surface area (Å²) in [6.45, 7) is 6.53. The van der Waals surface area contributed by atoms with Gasteiger partial charge in [-0.15, -0.1) is 11.6 Å². The van der Waals surface area contributed by atoms with E-state index < -0.39 is 0 Å². The van der Waals surface area contributed by atoms with Crippen molar-refractivity contribution in [2.24, 2.45) is 5.92 Å². The van der Waals surface area contributed by atoms with Crippen LogP contribution in [0.5, 0.6) is 0 Å². The van der Waals surface area contributed by atoms with Crippen LogP contribution in [-0.4, -0.2) is 16.6 Å². The molecule has 2 aliphatic heterocycles. The zero-order valence-corrected chi connectivity index (χ0v) is 8.82. The fraction of sp³-hybridized carbons (Fsp3) is 1.00. The van der Waals surface area contributed by atoms with Gasteiger partial charge in [0.15, 0.2) is 0 Å². The second-order valence-corrected chi connectivity index (χ2v) is 5.58. The lowest BCUT2D eigenvalue weighted by atomic mass is 9.68. The average Bonchev–Trinajstić information content (AvgIpc) is 1.80. The third-order valence-corrected chi connectivity index (χ3v) is 3.91. The summed E-state index contributed by atoms with van der Waals surface area (Å²) in [6, 6.07) is 0. The zero-order valence-electron chi connectivity index (χ0n) is 8.06. The molecule has 2 saturated heterocycles. The summed E-state index contributed by atoms with van der Waals surface area (Å²) in [5.74, 6) is 0.556. The van der Waals surface area contributed by atoms with Gasteiger partial charge in [-0.1, -0.05) is 0 Å². The van der Waals surface area contributed by atoms with E-state index in [1.807, 2.05) is 0 Å². The van der Waals surface area contributed by atoms with Crippen molar-refractivity contribution in [3.8, 4) is 0 Å².